The first kappa shape index (κ1) is 24.5. The van der Waals surface area contributed by atoms with Crippen LogP contribution in [0.2, 0.25) is 0 Å². The molecule has 8 aromatic rings. The van der Waals surface area contributed by atoms with Crippen LogP contribution < -0.4 is 30.8 Å². The second kappa shape index (κ2) is 9.28. The molecule has 0 amide bonds. The summed E-state index contributed by atoms with van der Waals surface area (Å²) >= 11 is 0. The summed E-state index contributed by atoms with van der Waals surface area (Å²) in [6.07, 6.45) is 0. The van der Waals surface area contributed by atoms with E-state index in [1.54, 1.807) is 0 Å². The zero-order valence-electron chi connectivity index (χ0n) is 24.1. The van der Waals surface area contributed by atoms with Crippen LogP contribution in [0.3, 0.4) is 0 Å². The molecule has 0 saturated carbocycles. The Bertz CT molecular complexity index is 2470. The van der Waals surface area contributed by atoms with Crippen LogP contribution in [0.1, 0.15) is 0 Å². The van der Waals surface area contributed by atoms with Crippen LogP contribution in [0.25, 0.3) is 32.7 Å². The fourth-order valence-electron chi connectivity index (χ4n) is 7.14. The van der Waals surface area contributed by atoms with Crippen molar-refractivity contribution >= 4 is 72.9 Å². The van der Waals surface area contributed by atoms with Gasteiger partial charge in [0.1, 0.15) is 22.8 Å². The smallest absolute Gasteiger partial charge is 0.260 e. The minimum absolute atomic E-state index is 0.000418. The lowest BCUT2D eigenvalue weighted by atomic mass is 9.35. The van der Waals surface area contributed by atoms with E-state index >= 15 is 0 Å². The van der Waals surface area contributed by atoms with Gasteiger partial charge in [-0.1, -0.05) is 84.9 Å². The first-order valence-corrected chi connectivity index (χ1v) is 15.2. The van der Waals surface area contributed by atoms with Crippen LogP contribution in [0, 0.1) is 0 Å². The number of anilines is 3. The molecule has 0 atom stereocenters. The minimum Gasteiger partial charge on any atom is -0.458 e. The molecule has 0 radical (unpaired) electrons. The number of hydrogen-bond donors (Lipinski definition) is 0. The van der Waals surface area contributed by atoms with Gasteiger partial charge in [-0.2, -0.15) is 0 Å². The quantitative estimate of drug-likeness (QED) is 0.197. The molecule has 10 rings (SSSR count). The van der Waals surface area contributed by atoms with Gasteiger partial charge < -0.3 is 18.8 Å². The maximum Gasteiger partial charge on any atom is 0.260 e. The van der Waals surface area contributed by atoms with Gasteiger partial charge in [0.15, 0.2) is 11.3 Å². The summed E-state index contributed by atoms with van der Waals surface area (Å²) in [5.74, 6) is 3.29. The highest BCUT2D eigenvalue weighted by Crippen LogP contribution is 2.43. The Hall–Kier alpha value is -5.94. The average Bonchev–Trinajstić information content (AvgIpc) is 3.47. The second-order valence-corrected chi connectivity index (χ2v) is 11.7. The summed E-state index contributed by atoms with van der Waals surface area (Å²) in [7, 11) is 0. The standard InChI is InChI=1S/C40H24BNO3/c1-2-11-27(12-3-1)42(28-18-17-25-9-4-5-10-26(25)23-28)29-19-20-30-31-21-22-33-40(39(31)45-37(30)24-29)44-36-16-8-15-35-38(36)41(33)32-13-6-7-14-34(32)43-35/h1-24H. The van der Waals surface area contributed by atoms with Gasteiger partial charge in [0, 0.05) is 39.4 Å². The van der Waals surface area contributed by atoms with Crippen molar-refractivity contribution in [3.05, 3.63) is 146 Å². The largest absolute Gasteiger partial charge is 0.458 e. The van der Waals surface area contributed by atoms with Gasteiger partial charge >= 0.3 is 0 Å². The number of hydrogen-bond acceptors (Lipinski definition) is 4. The first-order valence-electron chi connectivity index (χ1n) is 15.2. The summed E-state index contributed by atoms with van der Waals surface area (Å²) in [5.41, 5.74) is 8.04. The molecule has 0 bridgehead atoms. The van der Waals surface area contributed by atoms with E-state index in [0.29, 0.717) is 0 Å². The molecule has 0 fully saturated rings. The maximum atomic E-state index is 6.74. The van der Waals surface area contributed by atoms with Crippen LogP contribution in [0.4, 0.5) is 17.1 Å². The van der Waals surface area contributed by atoms with Crippen LogP contribution in [0.5, 0.6) is 23.0 Å². The average molecular weight is 577 g/mol. The lowest BCUT2D eigenvalue weighted by molar-refractivity contribution is 0.461. The van der Waals surface area contributed by atoms with E-state index in [2.05, 4.69) is 114 Å². The number of nitrogens with zero attached hydrogens (tertiary/aromatic N) is 1. The van der Waals surface area contributed by atoms with E-state index in [1.807, 2.05) is 36.4 Å². The van der Waals surface area contributed by atoms with E-state index < -0.39 is 0 Å². The number of furan rings is 1. The summed E-state index contributed by atoms with van der Waals surface area (Å²) in [4.78, 5) is 2.28. The summed E-state index contributed by atoms with van der Waals surface area (Å²) < 4.78 is 19.7. The molecule has 0 spiro atoms. The highest BCUT2D eigenvalue weighted by molar-refractivity contribution is 6.98. The Kier molecular flexibility index (Phi) is 5.05. The summed E-state index contributed by atoms with van der Waals surface area (Å²) in [6, 6.07) is 50.7. The summed E-state index contributed by atoms with van der Waals surface area (Å²) in [5, 5.41) is 4.50. The van der Waals surface area contributed by atoms with Gasteiger partial charge in [0.25, 0.3) is 6.71 Å². The molecule has 4 nitrogen and oxygen atoms in total. The van der Waals surface area contributed by atoms with Gasteiger partial charge in [0.05, 0.1) is 0 Å². The Balaban J connectivity index is 1.16. The Morgan fingerprint density at radius 1 is 0.467 bits per heavy atom. The third-order valence-electron chi connectivity index (χ3n) is 9.16. The fourth-order valence-corrected chi connectivity index (χ4v) is 7.14. The molecular formula is C40H24BNO3. The van der Waals surface area contributed by atoms with Crippen LogP contribution >= 0.6 is 0 Å². The van der Waals surface area contributed by atoms with Crippen LogP contribution in [-0.4, -0.2) is 6.71 Å². The molecule has 5 heteroatoms. The molecule has 0 N–H and O–H groups in total. The van der Waals surface area contributed by atoms with Crippen molar-refractivity contribution < 1.29 is 13.9 Å². The summed E-state index contributed by atoms with van der Waals surface area (Å²) in [6.45, 7) is -0.000418. The molecule has 45 heavy (non-hydrogen) atoms. The Morgan fingerprint density at radius 2 is 1.18 bits per heavy atom. The molecule has 2 aliphatic rings. The van der Waals surface area contributed by atoms with Crippen molar-refractivity contribution in [2.75, 3.05) is 4.90 Å². The third-order valence-corrected chi connectivity index (χ3v) is 9.16. The highest BCUT2D eigenvalue weighted by atomic mass is 16.5. The van der Waals surface area contributed by atoms with Crippen LogP contribution in [-0.2, 0) is 0 Å². The van der Waals surface area contributed by atoms with E-state index in [1.165, 1.54) is 10.8 Å². The van der Waals surface area contributed by atoms with Crippen molar-refractivity contribution in [3.63, 3.8) is 0 Å². The van der Waals surface area contributed by atoms with Crippen molar-refractivity contribution in [2.24, 2.45) is 0 Å². The first-order chi connectivity index (χ1) is 22.3. The van der Waals surface area contributed by atoms with E-state index in [9.17, 15) is 0 Å². The zero-order valence-corrected chi connectivity index (χ0v) is 24.1. The Morgan fingerprint density at radius 3 is 2.09 bits per heavy atom. The van der Waals surface area contributed by atoms with Crippen molar-refractivity contribution in [1.82, 2.24) is 0 Å². The predicted molar refractivity (Wildman–Crippen MR) is 184 cm³/mol. The molecule has 2 aliphatic heterocycles. The molecule has 0 aliphatic carbocycles. The predicted octanol–water partition coefficient (Wildman–Crippen LogP) is 8.94. The molecule has 0 saturated heterocycles. The molecule has 3 heterocycles. The van der Waals surface area contributed by atoms with Crippen molar-refractivity contribution in [2.45, 2.75) is 0 Å². The Labute approximate surface area is 259 Å². The molecule has 210 valence electrons. The highest BCUT2D eigenvalue weighted by Gasteiger charge is 2.41. The SMILES string of the molecule is c1ccc(N(c2ccc3ccccc3c2)c2ccc3c(c2)oc2c4c(ccc23)B2c3ccccc3Oc3cccc(c32)O4)cc1. The van der Waals surface area contributed by atoms with Gasteiger partial charge in [-0.3, -0.25) is 0 Å². The lowest BCUT2D eigenvalue weighted by Gasteiger charge is -2.32. The second-order valence-electron chi connectivity index (χ2n) is 11.7. The zero-order chi connectivity index (χ0) is 29.5. The third kappa shape index (κ3) is 3.61. The fraction of sp³-hybridized carbons (Fsp3) is 0. The monoisotopic (exact) mass is 577 g/mol. The topological polar surface area (TPSA) is 34.8 Å². The number of benzene rings is 7. The van der Waals surface area contributed by atoms with E-state index in [4.69, 9.17) is 13.9 Å². The lowest BCUT2D eigenvalue weighted by Crippen LogP contribution is -2.57. The van der Waals surface area contributed by atoms with Gasteiger partial charge in [0.2, 0.25) is 0 Å². The van der Waals surface area contributed by atoms with Crippen LogP contribution in [0.15, 0.2) is 150 Å². The molecule has 1 aromatic heterocycles. The molecule has 7 aromatic carbocycles. The number of para-hydroxylation sites is 2. The van der Waals surface area contributed by atoms with E-state index in [-0.39, 0.29) is 6.71 Å². The number of ether oxygens (including phenoxy) is 2. The van der Waals surface area contributed by atoms with E-state index in [0.717, 1.165) is 78.4 Å². The number of rotatable bonds is 3. The van der Waals surface area contributed by atoms with Gasteiger partial charge in [-0.25, -0.2) is 0 Å². The minimum atomic E-state index is -0.000418. The van der Waals surface area contributed by atoms with Gasteiger partial charge in [-0.15, -0.1) is 0 Å². The normalized spacial score (nSPS) is 12.8. The molecule has 0 unspecified atom stereocenters. The van der Waals surface area contributed by atoms with Crippen molar-refractivity contribution in [1.29, 1.82) is 0 Å². The number of fused-ring (bicyclic) bond motifs is 9. The van der Waals surface area contributed by atoms with Crippen molar-refractivity contribution in [3.8, 4) is 23.0 Å². The van der Waals surface area contributed by atoms with Gasteiger partial charge in [-0.05, 0) is 76.3 Å². The molecular weight excluding hydrogens is 553 g/mol. The maximum absolute atomic E-state index is 6.74.